The zero-order chi connectivity index (χ0) is 15.1. The number of carbonyl (C=O) groups excluding carboxylic acids is 2. The van der Waals surface area contributed by atoms with E-state index in [9.17, 15) is 14.4 Å². The average Bonchev–Trinajstić information content (AvgIpc) is 2.33. The van der Waals surface area contributed by atoms with Crippen molar-refractivity contribution in [2.45, 2.75) is 19.3 Å². The predicted octanol–water partition coefficient (Wildman–Crippen LogP) is 3.01. The van der Waals surface area contributed by atoms with Crippen molar-refractivity contribution >= 4 is 51.1 Å². The summed E-state index contributed by atoms with van der Waals surface area (Å²) in [6.45, 7) is 0. The van der Waals surface area contributed by atoms with Gasteiger partial charge in [-0.1, -0.05) is 11.6 Å². The molecule has 0 unspecified atom stereocenters. The van der Waals surface area contributed by atoms with E-state index in [-0.39, 0.29) is 19.3 Å². The van der Waals surface area contributed by atoms with Gasteiger partial charge >= 0.3 is 12.0 Å². The van der Waals surface area contributed by atoms with Crippen molar-refractivity contribution in [3.63, 3.8) is 0 Å². The number of aliphatic carboxylic acids is 1. The number of amides is 3. The second kappa shape index (κ2) is 7.86. The van der Waals surface area contributed by atoms with Crippen LogP contribution >= 0.6 is 27.5 Å². The number of imide groups is 1. The summed E-state index contributed by atoms with van der Waals surface area (Å²) in [5.74, 6) is -1.52. The number of hydrogen-bond donors (Lipinski definition) is 3. The lowest BCUT2D eigenvalue weighted by atomic mass is 10.2. The smallest absolute Gasteiger partial charge is 0.325 e. The Morgan fingerprint density at radius 1 is 1.25 bits per heavy atom. The van der Waals surface area contributed by atoms with Gasteiger partial charge in [-0.25, -0.2) is 4.79 Å². The van der Waals surface area contributed by atoms with E-state index in [4.69, 9.17) is 16.7 Å². The van der Waals surface area contributed by atoms with Crippen LogP contribution in [0.1, 0.15) is 19.3 Å². The van der Waals surface area contributed by atoms with Gasteiger partial charge in [-0.3, -0.25) is 14.9 Å². The van der Waals surface area contributed by atoms with Crippen LogP contribution in [0.5, 0.6) is 0 Å². The molecule has 0 bridgehead atoms. The number of halogens is 2. The van der Waals surface area contributed by atoms with Crippen LogP contribution in [-0.2, 0) is 9.59 Å². The third-order valence-electron chi connectivity index (χ3n) is 2.22. The van der Waals surface area contributed by atoms with Gasteiger partial charge in [-0.15, -0.1) is 0 Å². The maximum Gasteiger partial charge on any atom is 0.325 e. The van der Waals surface area contributed by atoms with Crippen molar-refractivity contribution in [3.05, 3.63) is 27.7 Å². The molecule has 0 spiro atoms. The first kappa shape index (κ1) is 16.5. The SMILES string of the molecule is O=C(O)CCCC(=O)NC(=O)Nc1cc(Cl)ccc1Br. The fraction of sp³-hybridized carbons (Fsp3) is 0.250. The lowest BCUT2D eigenvalue weighted by molar-refractivity contribution is -0.137. The van der Waals surface area contributed by atoms with Crippen LogP contribution in [0.4, 0.5) is 10.5 Å². The van der Waals surface area contributed by atoms with Crippen molar-refractivity contribution in [1.82, 2.24) is 5.32 Å². The van der Waals surface area contributed by atoms with E-state index in [1.807, 2.05) is 0 Å². The van der Waals surface area contributed by atoms with Crippen LogP contribution in [0.2, 0.25) is 5.02 Å². The van der Waals surface area contributed by atoms with Gasteiger partial charge in [0.15, 0.2) is 0 Å². The summed E-state index contributed by atoms with van der Waals surface area (Å²) in [4.78, 5) is 33.2. The number of carboxylic acid groups (broad SMARTS) is 1. The first-order valence-corrected chi connectivity index (χ1v) is 6.83. The highest BCUT2D eigenvalue weighted by Crippen LogP contribution is 2.25. The molecule has 3 N–H and O–H groups in total. The highest BCUT2D eigenvalue weighted by atomic mass is 79.9. The van der Waals surface area contributed by atoms with Gasteiger partial charge in [0.2, 0.25) is 5.91 Å². The van der Waals surface area contributed by atoms with Gasteiger partial charge in [0.25, 0.3) is 0 Å². The third-order valence-corrected chi connectivity index (χ3v) is 3.15. The van der Waals surface area contributed by atoms with E-state index in [1.165, 1.54) is 6.07 Å². The Kier molecular flexibility index (Phi) is 6.47. The number of hydrogen-bond acceptors (Lipinski definition) is 3. The molecule has 0 saturated carbocycles. The summed E-state index contributed by atoms with van der Waals surface area (Å²) < 4.78 is 0.621. The molecule has 20 heavy (non-hydrogen) atoms. The molecule has 6 nitrogen and oxygen atoms in total. The van der Waals surface area contributed by atoms with Crippen LogP contribution in [0.15, 0.2) is 22.7 Å². The number of rotatable bonds is 5. The molecule has 0 atom stereocenters. The zero-order valence-corrected chi connectivity index (χ0v) is 12.6. The van der Waals surface area contributed by atoms with Crippen LogP contribution in [0.3, 0.4) is 0 Å². The average molecular weight is 364 g/mol. The van der Waals surface area contributed by atoms with Crippen LogP contribution in [-0.4, -0.2) is 23.0 Å². The molecule has 0 fully saturated rings. The monoisotopic (exact) mass is 362 g/mol. The molecule has 108 valence electrons. The van der Waals surface area contributed by atoms with E-state index < -0.39 is 17.9 Å². The fourth-order valence-corrected chi connectivity index (χ4v) is 1.85. The molecule has 0 heterocycles. The van der Waals surface area contributed by atoms with Crippen molar-refractivity contribution in [2.24, 2.45) is 0 Å². The molecule has 1 rings (SSSR count). The van der Waals surface area contributed by atoms with Crippen LogP contribution in [0, 0.1) is 0 Å². The van der Waals surface area contributed by atoms with Crippen molar-refractivity contribution < 1.29 is 19.5 Å². The molecule has 0 aliphatic rings. The number of nitrogens with one attached hydrogen (secondary N) is 2. The molecule has 0 radical (unpaired) electrons. The van der Waals surface area contributed by atoms with Gasteiger partial charge in [0.05, 0.1) is 5.69 Å². The van der Waals surface area contributed by atoms with Gasteiger partial charge in [-0.2, -0.15) is 0 Å². The Labute approximate surface area is 128 Å². The Balaban J connectivity index is 2.45. The van der Waals surface area contributed by atoms with E-state index in [1.54, 1.807) is 12.1 Å². The van der Waals surface area contributed by atoms with Gasteiger partial charge in [0.1, 0.15) is 0 Å². The summed E-state index contributed by atoms with van der Waals surface area (Å²) in [5, 5.41) is 13.4. The Morgan fingerprint density at radius 2 is 1.95 bits per heavy atom. The van der Waals surface area contributed by atoms with Crippen molar-refractivity contribution in [2.75, 3.05) is 5.32 Å². The van der Waals surface area contributed by atoms with Crippen LogP contribution in [0.25, 0.3) is 0 Å². The summed E-state index contributed by atoms with van der Waals surface area (Å²) in [6.07, 6.45) is 0.0284. The Morgan fingerprint density at radius 3 is 2.60 bits per heavy atom. The molecule has 8 heteroatoms. The Hall–Kier alpha value is -1.60. The minimum absolute atomic E-state index is 0.0313. The van der Waals surface area contributed by atoms with E-state index >= 15 is 0 Å². The van der Waals surface area contributed by atoms with E-state index in [2.05, 4.69) is 26.6 Å². The van der Waals surface area contributed by atoms with Gasteiger partial charge < -0.3 is 10.4 Å². The van der Waals surface area contributed by atoms with Crippen LogP contribution < -0.4 is 10.6 Å². The molecule has 0 saturated heterocycles. The summed E-state index contributed by atoms with van der Waals surface area (Å²) in [5.41, 5.74) is 0.424. The molecule has 1 aromatic rings. The second-order valence-electron chi connectivity index (χ2n) is 3.87. The normalized spacial score (nSPS) is 9.90. The molecule has 0 aliphatic heterocycles. The summed E-state index contributed by atoms with van der Waals surface area (Å²) >= 11 is 9.02. The maximum atomic E-state index is 11.6. The molecule has 0 aromatic heterocycles. The molecule has 0 aliphatic carbocycles. The van der Waals surface area contributed by atoms with Crippen molar-refractivity contribution in [3.8, 4) is 0 Å². The molecular weight excluding hydrogens is 351 g/mol. The second-order valence-corrected chi connectivity index (χ2v) is 5.16. The minimum Gasteiger partial charge on any atom is -0.481 e. The topological polar surface area (TPSA) is 95.5 Å². The molecular formula is C12H12BrClN2O4. The molecule has 1 aromatic carbocycles. The fourth-order valence-electron chi connectivity index (χ4n) is 1.34. The van der Waals surface area contributed by atoms with E-state index in [0.29, 0.717) is 15.2 Å². The Bertz CT molecular complexity index is 536. The molecule has 3 amide bonds. The number of benzene rings is 1. The predicted molar refractivity (Wildman–Crippen MR) is 77.8 cm³/mol. The first-order valence-electron chi connectivity index (χ1n) is 5.66. The summed E-state index contributed by atoms with van der Waals surface area (Å²) in [7, 11) is 0. The van der Waals surface area contributed by atoms with Gasteiger partial charge in [0, 0.05) is 22.3 Å². The number of anilines is 1. The lowest BCUT2D eigenvalue weighted by Crippen LogP contribution is -2.34. The number of urea groups is 1. The van der Waals surface area contributed by atoms with Crippen molar-refractivity contribution in [1.29, 1.82) is 0 Å². The largest absolute Gasteiger partial charge is 0.481 e. The summed E-state index contributed by atoms with van der Waals surface area (Å²) in [6, 6.07) is 4.13. The lowest BCUT2D eigenvalue weighted by Gasteiger charge is -2.08. The standard InChI is InChI=1S/C12H12BrClN2O4/c13-8-5-4-7(14)6-9(8)15-12(20)16-10(17)2-1-3-11(18)19/h4-6H,1-3H2,(H,18,19)(H2,15,16,17,20). The highest BCUT2D eigenvalue weighted by Gasteiger charge is 2.10. The third kappa shape index (κ3) is 6.03. The zero-order valence-electron chi connectivity index (χ0n) is 10.3. The van der Waals surface area contributed by atoms with Gasteiger partial charge in [-0.05, 0) is 40.5 Å². The first-order chi connectivity index (χ1) is 9.38. The quantitative estimate of drug-likeness (QED) is 0.749. The highest BCUT2D eigenvalue weighted by molar-refractivity contribution is 9.10. The number of carboxylic acids is 1. The minimum atomic E-state index is -0.981. The van der Waals surface area contributed by atoms with E-state index in [0.717, 1.165) is 0 Å². The maximum absolute atomic E-state index is 11.6. The number of carbonyl (C=O) groups is 3.